The molecule has 0 radical (unpaired) electrons. The molecule has 0 aliphatic rings. The number of nitrogens with one attached hydrogen (secondary N) is 1. The van der Waals surface area contributed by atoms with E-state index in [0.717, 1.165) is 0 Å². The smallest absolute Gasteiger partial charge is 0.181 e. The lowest BCUT2D eigenvalue weighted by atomic mass is 10.5. The second-order valence-electron chi connectivity index (χ2n) is 3.09. The number of aromatic nitrogens is 4. The molecule has 7 heteroatoms. The zero-order valence-corrected chi connectivity index (χ0v) is 9.21. The zero-order valence-electron chi connectivity index (χ0n) is 8.39. The van der Waals surface area contributed by atoms with Crippen molar-refractivity contribution in [3.63, 3.8) is 0 Å². The zero-order chi connectivity index (χ0) is 11.0. The minimum atomic E-state index is -0.194. The number of hydrogen-bond acceptors (Lipinski definition) is 5. The number of nitrogen functional groups attached to an aromatic ring is 1. The van der Waals surface area contributed by atoms with Crippen LogP contribution in [0.15, 0.2) is 6.33 Å². The van der Waals surface area contributed by atoms with E-state index in [4.69, 9.17) is 22.7 Å². The first-order chi connectivity index (χ1) is 7.15. The Hall–Kier alpha value is -1.47. The molecule has 0 amide bonds. The number of nitrogens with zero attached hydrogens (tertiary/aromatic N) is 3. The monoisotopic (exact) mass is 225 g/mol. The van der Waals surface area contributed by atoms with Gasteiger partial charge in [-0.2, -0.15) is 0 Å². The van der Waals surface area contributed by atoms with E-state index in [0.29, 0.717) is 21.8 Å². The molecule has 2 aromatic heterocycles. The van der Waals surface area contributed by atoms with Crippen molar-refractivity contribution in [3.8, 4) is 0 Å². The Morgan fingerprint density at radius 3 is 3.00 bits per heavy atom. The van der Waals surface area contributed by atoms with Gasteiger partial charge < -0.3 is 15.5 Å². The second-order valence-corrected chi connectivity index (χ2v) is 3.48. The molecule has 80 valence electrons. The first-order valence-electron chi connectivity index (χ1n) is 4.38. The predicted octanol–water partition coefficient (Wildman–Crippen LogP) is 1.24. The average molecular weight is 225 g/mol. The molecule has 15 heavy (non-hydrogen) atoms. The van der Waals surface area contributed by atoms with Gasteiger partial charge in [0.1, 0.15) is 18.1 Å². The van der Waals surface area contributed by atoms with Gasteiger partial charge in [0.15, 0.2) is 16.2 Å². The fraction of sp³-hybridized carbons (Fsp3) is 0.375. The maximum absolute atomic E-state index is 5.70. The summed E-state index contributed by atoms with van der Waals surface area (Å²) < 4.78 is 7.47. The van der Waals surface area contributed by atoms with Crippen molar-refractivity contribution < 1.29 is 4.74 Å². The number of methoxy groups -OCH3 is 1. The Morgan fingerprint density at radius 1 is 1.60 bits per heavy atom. The number of anilines is 1. The first-order valence-corrected chi connectivity index (χ1v) is 4.79. The summed E-state index contributed by atoms with van der Waals surface area (Å²) in [6, 6.07) is 0. The molecule has 0 bridgehead atoms. The van der Waals surface area contributed by atoms with E-state index in [1.54, 1.807) is 11.7 Å². The van der Waals surface area contributed by atoms with Gasteiger partial charge in [-0.15, -0.1) is 0 Å². The van der Waals surface area contributed by atoms with Gasteiger partial charge in [-0.3, -0.25) is 4.57 Å². The summed E-state index contributed by atoms with van der Waals surface area (Å²) in [6.45, 7) is 1.88. The Balaban J connectivity index is 2.80. The standard InChI is InChI=1S/C8H11N5OS/c1-4(14-2)13-7-5(12-8(13)15)6(9)10-3-11-7/h3-4H,1-2H3,(H,12,15)(H2,9,10,11). The Morgan fingerprint density at radius 2 is 2.33 bits per heavy atom. The Labute approximate surface area is 91.1 Å². The summed E-state index contributed by atoms with van der Waals surface area (Å²) >= 11 is 5.16. The van der Waals surface area contributed by atoms with Crippen LogP contribution in [0.4, 0.5) is 5.82 Å². The summed E-state index contributed by atoms with van der Waals surface area (Å²) in [4.78, 5) is 11.0. The number of H-pyrrole nitrogens is 1. The van der Waals surface area contributed by atoms with Crippen LogP contribution in [0.2, 0.25) is 0 Å². The normalized spacial score (nSPS) is 13.2. The maximum atomic E-state index is 5.70. The SMILES string of the molecule is COC(C)n1c(=S)[nH]c2c(N)ncnc21. The van der Waals surface area contributed by atoms with Crippen LogP contribution < -0.4 is 5.73 Å². The molecule has 2 aromatic rings. The van der Waals surface area contributed by atoms with Gasteiger partial charge in [0, 0.05) is 7.11 Å². The highest BCUT2D eigenvalue weighted by molar-refractivity contribution is 7.71. The fourth-order valence-corrected chi connectivity index (χ4v) is 1.74. The van der Waals surface area contributed by atoms with E-state index >= 15 is 0 Å². The number of fused-ring (bicyclic) bond motifs is 1. The number of ether oxygens (including phenoxy) is 1. The summed E-state index contributed by atoms with van der Waals surface area (Å²) in [6.07, 6.45) is 1.21. The summed E-state index contributed by atoms with van der Waals surface area (Å²) in [5.74, 6) is 0.383. The van der Waals surface area contributed by atoms with Gasteiger partial charge in [-0.05, 0) is 19.1 Å². The Kier molecular flexibility index (Phi) is 2.41. The van der Waals surface area contributed by atoms with Crippen LogP contribution in [-0.2, 0) is 4.74 Å². The van der Waals surface area contributed by atoms with Gasteiger partial charge >= 0.3 is 0 Å². The predicted molar refractivity (Wildman–Crippen MR) is 58.8 cm³/mol. The molecule has 0 saturated heterocycles. The molecule has 2 heterocycles. The third-order valence-electron chi connectivity index (χ3n) is 2.24. The summed E-state index contributed by atoms with van der Waals surface area (Å²) in [5.41, 5.74) is 7.00. The number of rotatable bonds is 2. The maximum Gasteiger partial charge on any atom is 0.181 e. The molecule has 0 aromatic carbocycles. The highest BCUT2D eigenvalue weighted by Gasteiger charge is 2.13. The van der Waals surface area contributed by atoms with Crippen LogP contribution >= 0.6 is 12.2 Å². The molecule has 6 nitrogen and oxygen atoms in total. The number of aromatic amines is 1. The van der Waals surface area contributed by atoms with E-state index in [2.05, 4.69) is 15.0 Å². The third kappa shape index (κ3) is 1.49. The molecule has 0 spiro atoms. The average Bonchev–Trinajstić information content (AvgIpc) is 2.55. The minimum Gasteiger partial charge on any atom is -0.382 e. The first kappa shape index (κ1) is 10.1. The van der Waals surface area contributed by atoms with Crippen LogP contribution in [-0.4, -0.2) is 26.6 Å². The van der Waals surface area contributed by atoms with E-state index in [9.17, 15) is 0 Å². The molecular weight excluding hydrogens is 214 g/mol. The van der Waals surface area contributed by atoms with Crippen LogP contribution in [0.25, 0.3) is 11.2 Å². The van der Waals surface area contributed by atoms with E-state index in [-0.39, 0.29) is 6.23 Å². The lowest BCUT2D eigenvalue weighted by molar-refractivity contribution is 0.0622. The van der Waals surface area contributed by atoms with Crippen molar-refractivity contribution in [2.45, 2.75) is 13.2 Å². The summed E-state index contributed by atoms with van der Waals surface area (Å²) in [7, 11) is 1.61. The van der Waals surface area contributed by atoms with Crippen LogP contribution in [0.3, 0.4) is 0 Å². The van der Waals surface area contributed by atoms with E-state index in [1.165, 1.54) is 6.33 Å². The fourth-order valence-electron chi connectivity index (χ4n) is 1.40. The lowest BCUT2D eigenvalue weighted by Crippen LogP contribution is -2.07. The second kappa shape index (κ2) is 3.59. The van der Waals surface area contributed by atoms with Crippen molar-refractivity contribution >= 4 is 29.2 Å². The van der Waals surface area contributed by atoms with Crippen molar-refractivity contribution in [2.75, 3.05) is 12.8 Å². The largest absolute Gasteiger partial charge is 0.382 e. The van der Waals surface area contributed by atoms with Gasteiger partial charge in [-0.25, -0.2) is 9.97 Å². The van der Waals surface area contributed by atoms with Crippen LogP contribution in [0, 0.1) is 4.77 Å². The molecule has 3 N–H and O–H groups in total. The number of nitrogens with two attached hydrogens (primary N) is 1. The number of hydrogen-bond donors (Lipinski definition) is 2. The lowest BCUT2D eigenvalue weighted by Gasteiger charge is -2.11. The van der Waals surface area contributed by atoms with Crippen molar-refractivity contribution in [3.05, 3.63) is 11.1 Å². The molecular formula is C8H11N5OS. The number of imidazole rings is 1. The quantitative estimate of drug-likeness (QED) is 0.751. The molecule has 2 rings (SSSR count). The molecule has 0 aliphatic heterocycles. The van der Waals surface area contributed by atoms with Crippen LogP contribution in [0.1, 0.15) is 13.2 Å². The van der Waals surface area contributed by atoms with Gasteiger partial charge in [0.2, 0.25) is 0 Å². The molecule has 0 fully saturated rings. The molecule has 1 atom stereocenters. The molecule has 1 unspecified atom stereocenters. The third-order valence-corrected chi connectivity index (χ3v) is 2.54. The van der Waals surface area contributed by atoms with Gasteiger partial charge in [0.05, 0.1) is 0 Å². The van der Waals surface area contributed by atoms with Crippen molar-refractivity contribution in [1.29, 1.82) is 0 Å². The highest BCUT2D eigenvalue weighted by atomic mass is 32.1. The van der Waals surface area contributed by atoms with Gasteiger partial charge in [0.25, 0.3) is 0 Å². The van der Waals surface area contributed by atoms with Gasteiger partial charge in [-0.1, -0.05) is 0 Å². The van der Waals surface area contributed by atoms with E-state index in [1.807, 2.05) is 6.92 Å². The van der Waals surface area contributed by atoms with Crippen LogP contribution in [0.5, 0.6) is 0 Å². The Bertz CT molecular complexity index is 545. The highest BCUT2D eigenvalue weighted by Crippen LogP contribution is 2.19. The van der Waals surface area contributed by atoms with E-state index < -0.39 is 0 Å². The van der Waals surface area contributed by atoms with Crippen molar-refractivity contribution in [1.82, 2.24) is 19.5 Å². The minimum absolute atomic E-state index is 0.194. The van der Waals surface area contributed by atoms with Crippen molar-refractivity contribution in [2.24, 2.45) is 0 Å². The molecule has 0 saturated carbocycles. The topological polar surface area (TPSA) is 81.8 Å². The molecule has 0 aliphatic carbocycles. The summed E-state index contributed by atoms with van der Waals surface area (Å²) in [5, 5.41) is 0.